The molecule has 1 amide bonds. The van der Waals surface area contributed by atoms with Gasteiger partial charge < -0.3 is 4.90 Å². The van der Waals surface area contributed by atoms with Crippen molar-refractivity contribution in [3.63, 3.8) is 0 Å². The van der Waals surface area contributed by atoms with Crippen LogP contribution in [-0.2, 0) is 21.7 Å². The first kappa shape index (κ1) is 16.3. The van der Waals surface area contributed by atoms with Crippen LogP contribution in [-0.4, -0.2) is 47.1 Å². The average molecular weight is 334 g/mol. The van der Waals surface area contributed by atoms with Crippen LogP contribution in [0.1, 0.15) is 37.1 Å². The predicted octanol–water partition coefficient (Wildman–Crippen LogP) is 1.48. The zero-order valence-electron chi connectivity index (χ0n) is 12.5. The van der Waals surface area contributed by atoms with Gasteiger partial charge in [-0.2, -0.15) is 5.10 Å². The van der Waals surface area contributed by atoms with Crippen LogP contribution in [0.25, 0.3) is 0 Å². The fraction of sp³-hybridized carbons (Fsp3) is 0.692. The van der Waals surface area contributed by atoms with Crippen molar-refractivity contribution in [3.05, 3.63) is 16.4 Å². The van der Waals surface area contributed by atoms with Gasteiger partial charge in [-0.3, -0.25) is 9.48 Å². The first-order valence-corrected chi connectivity index (χ1v) is 9.15. The number of hydrogen-bond acceptors (Lipinski definition) is 4. The van der Waals surface area contributed by atoms with Crippen LogP contribution in [0.3, 0.4) is 0 Å². The van der Waals surface area contributed by atoms with Gasteiger partial charge in [0.05, 0.1) is 11.7 Å². The maximum absolute atomic E-state index is 12.3. The van der Waals surface area contributed by atoms with E-state index < -0.39 is 15.6 Å². The molecule has 1 aromatic rings. The lowest BCUT2D eigenvalue weighted by atomic mass is 10.1. The van der Waals surface area contributed by atoms with Crippen LogP contribution in [0.15, 0.2) is 0 Å². The Labute approximate surface area is 130 Å². The highest BCUT2D eigenvalue weighted by Gasteiger charge is 2.35. The van der Waals surface area contributed by atoms with Gasteiger partial charge in [0, 0.05) is 24.9 Å². The molecule has 0 aromatic carbocycles. The highest BCUT2D eigenvalue weighted by Crippen LogP contribution is 2.37. The molecule has 6 nitrogen and oxygen atoms in total. The molecular weight excluding hydrogens is 314 g/mol. The average Bonchev–Trinajstić information content (AvgIpc) is 2.95. The smallest absolute Gasteiger partial charge is 0.238 e. The minimum absolute atomic E-state index is 0.0239. The van der Waals surface area contributed by atoms with Crippen LogP contribution in [0.4, 0.5) is 0 Å². The van der Waals surface area contributed by atoms with Crippen LogP contribution in [0.5, 0.6) is 0 Å². The molecule has 1 aromatic heterocycles. The number of aryl methyl sites for hydroxylation is 2. The van der Waals surface area contributed by atoms with E-state index in [-0.39, 0.29) is 17.7 Å². The number of carbonyl (C=O) groups excluding carboxylic acids is 1. The number of nitrogens with zero attached hydrogens (tertiary/aromatic N) is 3. The van der Waals surface area contributed by atoms with Gasteiger partial charge in [0.15, 0.2) is 9.84 Å². The summed E-state index contributed by atoms with van der Waals surface area (Å²) in [7, 11) is -1.57. The number of rotatable bonds is 4. The maximum Gasteiger partial charge on any atom is 0.238 e. The van der Waals surface area contributed by atoms with Crippen LogP contribution in [0.2, 0.25) is 5.15 Å². The summed E-state index contributed by atoms with van der Waals surface area (Å²) in [6.07, 6.45) is 1.62. The molecular formula is C13H20ClN3O3S. The molecule has 2 rings (SSSR count). The summed E-state index contributed by atoms with van der Waals surface area (Å²) in [6, 6.07) is -0.175. The molecule has 0 unspecified atom stereocenters. The van der Waals surface area contributed by atoms with Gasteiger partial charge >= 0.3 is 0 Å². The van der Waals surface area contributed by atoms with Gasteiger partial charge in [-0.25, -0.2) is 8.42 Å². The minimum atomic E-state index is -3.32. The number of amides is 1. The molecule has 0 radical (unpaired) electrons. The summed E-state index contributed by atoms with van der Waals surface area (Å²) < 4.78 is 24.9. The van der Waals surface area contributed by atoms with Crippen LogP contribution < -0.4 is 0 Å². The molecule has 1 saturated heterocycles. The summed E-state index contributed by atoms with van der Waals surface area (Å²) in [5.74, 6) is -0.806. The first-order valence-electron chi connectivity index (χ1n) is 6.95. The summed E-state index contributed by atoms with van der Waals surface area (Å²) >= 11 is 6.27. The van der Waals surface area contributed by atoms with E-state index >= 15 is 0 Å². The molecule has 2 heterocycles. The quantitative estimate of drug-likeness (QED) is 0.836. The van der Waals surface area contributed by atoms with Crippen LogP contribution >= 0.6 is 11.6 Å². The maximum atomic E-state index is 12.3. The van der Waals surface area contributed by atoms with E-state index in [0.717, 1.165) is 24.1 Å². The second-order valence-corrected chi connectivity index (χ2v) is 8.05. The topological polar surface area (TPSA) is 72.3 Å². The Morgan fingerprint density at radius 3 is 2.67 bits per heavy atom. The third-order valence-electron chi connectivity index (χ3n) is 3.89. The van der Waals surface area contributed by atoms with Crippen molar-refractivity contribution >= 4 is 27.3 Å². The third-order valence-corrected chi connectivity index (χ3v) is 5.90. The molecule has 0 bridgehead atoms. The highest BCUT2D eigenvalue weighted by atomic mass is 35.5. The molecule has 21 heavy (non-hydrogen) atoms. The van der Waals surface area contributed by atoms with Crippen molar-refractivity contribution in [2.75, 3.05) is 18.1 Å². The summed E-state index contributed by atoms with van der Waals surface area (Å²) in [5, 5.41) is 4.78. The molecule has 0 spiro atoms. The van der Waals surface area contributed by atoms with E-state index in [2.05, 4.69) is 5.10 Å². The molecule has 0 aliphatic carbocycles. The van der Waals surface area contributed by atoms with Gasteiger partial charge in [0.1, 0.15) is 10.9 Å². The standard InChI is InChI=1S/C13H20ClN3O3S/c1-4-21(19,20)8-11(18)17-7-5-6-10(17)12-9(2)15-16(3)13(12)14/h10H,4-8H2,1-3H3/t10-/m1/s1. The Morgan fingerprint density at radius 1 is 1.48 bits per heavy atom. The molecule has 0 N–H and O–H groups in total. The van der Waals surface area contributed by atoms with E-state index in [0.29, 0.717) is 11.7 Å². The molecule has 118 valence electrons. The van der Waals surface area contributed by atoms with E-state index in [1.165, 1.54) is 0 Å². The third kappa shape index (κ3) is 3.23. The Balaban J connectivity index is 2.27. The van der Waals surface area contributed by atoms with Gasteiger partial charge in [-0.15, -0.1) is 0 Å². The number of sulfone groups is 1. The van der Waals surface area contributed by atoms with E-state index in [1.54, 1.807) is 23.6 Å². The monoisotopic (exact) mass is 333 g/mol. The van der Waals surface area contributed by atoms with Crippen molar-refractivity contribution in [2.24, 2.45) is 7.05 Å². The Kier molecular flexibility index (Phi) is 4.63. The lowest BCUT2D eigenvalue weighted by molar-refractivity contribution is -0.129. The fourth-order valence-corrected chi connectivity index (χ4v) is 3.81. The number of likely N-dealkylation sites (tertiary alicyclic amines) is 1. The van der Waals surface area contributed by atoms with Gasteiger partial charge in [0.25, 0.3) is 0 Å². The molecule has 1 aliphatic rings. The number of aromatic nitrogens is 2. The minimum Gasteiger partial charge on any atom is -0.335 e. The van der Waals surface area contributed by atoms with Crippen LogP contribution in [0, 0.1) is 6.92 Å². The predicted molar refractivity (Wildman–Crippen MR) is 81.0 cm³/mol. The molecule has 1 atom stereocenters. The van der Waals surface area contributed by atoms with Crippen molar-refractivity contribution in [2.45, 2.75) is 32.7 Å². The highest BCUT2D eigenvalue weighted by molar-refractivity contribution is 7.92. The molecule has 8 heteroatoms. The van der Waals surface area contributed by atoms with Gasteiger partial charge in [-0.1, -0.05) is 18.5 Å². The Hall–Kier alpha value is -1.08. The largest absolute Gasteiger partial charge is 0.335 e. The lowest BCUT2D eigenvalue weighted by Crippen LogP contribution is -2.36. The van der Waals surface area contributed by atoms with E-state index in [9.17, 15) is 13.2 Å². The Bertz CT molecular complexity index is 654. The summed E-state index contributed by atoms with van der Waals surface area (Å²) in [5.41, 5.74) is 1.62. The van der Waals surface area contributed by atoms with Crippen molar-refractivity contribution in [1.82, 2.24) is 14.7 Å². The van der Waals surface area contributed by atoms with E-state index in [4.69, 9.17) is 11.6 Å². The SMILES string of the molecule is CCS(=O)(=O)CC(=O)N1CCC[C@@H]1c1c(C)nn(C)c1Cl. The molecule has 1 aliphatic heterocycles. The first-order chi connectivity index (χ1) is 9.76. The van der Waals surface area contributed by atoms with Gasteiger partial charge in [-0.05, 0) is 19.8 Å². The van der Waals surface area contributed by atoms with Crippen molar-refractivity contribution in [3.8, 4) is 0 Å². The Morgan fingerprint density at radius 2 is 2.14 bits per heavy atom. The fourth-order valence-electron chi connectivity index (χ4n) is 2.76. The number of carbonyl (C=O) groups is 1. The van der Waals surface area contributed by atoms with Crippen molar-refractivity contribution < 1.29 is 13.2 Å². The second kappa shape index (κ2) is 5.96. The van der Waals surface area contributed by atoms with Crippen molar-refractivity contribution in [1.29, 1.82) is 0 Å². The molecule has 1 fully saturated rings. The zero-order valence-corrected chi connectivity index (χ0v) is 14.0. The second-order valence-electron chi connectivity index (χ2n) is 5.34. The zero-order chi connectivity index (χ0) is 15.8. The normalized spacial score (nSPS) is 19.2. The summed E-state index contributed by atoms with van der Waals surface area (Å²) in [4.78, 5) is 13.9. The molecule has 0 saturated carbocycles. The lowest BCUT2D eigenvalue weighted by Gasteiger charge is -2.25. The number of halogens is 1. The number of hydrogen-bond donors (Lipinski definition) is 0. The van der Waals surface area contributed by atoms with E-state index in [1.807, 2.05) is 6.92 Å². The van der Waals surface area contributed by atoms with Gasteiger partial charge in [0.2, 0.25) is 5.91 Å². The summed E-state index contributed by atoms with van der Waals surface area (Å²) in [6.45, 7) is 3.96.